The first kappa shape index (κ1) is 21.2. The molecule has 2 atom stereocenters. The van der Waals surface area contributed by atoms with E-state index in [4.69, 9.17) is 9.47 Å². The van der Waals surface area contributed by atoms with Crippen molar-refractivity contribution in [1.82, 2.24) is 14.5 Å². The number of hydrogen-bond acceptors (Lipinski definition) is 4. The summed E-state index contributed by atoms with van der Waals surface area (Å²) in [5.74, 6) is -0.232. The van der Waals surface area contributed by atoms with E-state index >= 15 is 0 Å². The van der Waals surface area contributed by atoms with E-state index in [2.05, 4.69) is 4.98 Å². The summed E-state index contributed by atoms with van der Waals surface area (Å²) in [5, 5.41) is 0.528. The molecule has 30 heavy (non-hydrogen) atoms. The largest absolute Gasteiger partial charge is 0.385 e. The third kappa shape index (κ3) is 4.37. The summed E-state index contributed by atoms with van der Waals surface area (Å²) in [4.78, 5) is 19.8. The third-order valence-corrected chi connectivity index (χ3v) is 6.25. The molecule has 2 aromatic heterocycles. The number of unbranched alkanes of at least 4 members (excludes halogenated alkanes) is 1. The fourth-order valence-corrected chi connectivity index (χ4v) is 4.51. The van der Waals surface area contributed by atoms with Crippen LogP contribution in [0.15, 0.2) is 18.5 Å². The molecule has 3 heterocycles. The Morgan fingerprint density at radius 3 is 2.90 bits per heavy atom. The lowest BCUT2D eigenvalue weighted by Gasteiger charge is -2.34. The van der Waals surface area contributed by atoms with E-state index in [9.17, 15) is 9.18 Å². The number of ether oxygens (including phenoxy) is 2. The minimum absolute atomic E-state index is 0.0509. The summed E-state index contributed by atoms with van der Waals surface area (Å²) in [6, 6.07) is 1.40. The molecule has 7 heteroatoms. The molecule has 6 nitrogen and oxygen atoms in total. The molecule has 2 fully saturated rings. The number of halogens is 1. The Morgan fingerprint density at radius 1 is 1.37 bits per heavy atom. The van der Waals surface area contributed by atoms with E-state index in [0.29, 0.717) is 24.2 Å². The highest BCUT2D eigenvalue weighted by Crippen LogP contribution is 2.39. The van der Waals surface area contributed by atoms with Gasteiger partial charge in [0.15, 0.2) is 0 Å². The van der Waals surface area contributed by atoms with Crippen molar-refractivity contribution in [2.45, 2.75) is 76.6 Å². The second-order valence-electron chi connectivity index (χ2n) is 8.48. The van der Waals surface area contributed by atoms with Gasteiger partial charge in [0.05, 0.1) is 11.4 Å². The Morgan fingerprint density at radius 2 is 2.20 bits per heavy atom. The zero-order valence-corrected chi connectivity index (χ0v) is 18.0. The molecule has 1 saturated heterocycles. The number of carbonyl (C=O) groups excluding carboxylic acids is 1. The highest BCUT2D eigenvalue weighted by Gasteiger charge is 2.40. The summed E-state index contributed by atoms with van der Waals surface area (Å²) in [7, 11) is 1.70. The number of pyridine rings is 1. The molecule has 0 unspecified atom stereocenters. The summed E-state index contributed by atoms with van der Waals surface area (Å²) in [6.07, 6.45) is 9.78. The number of nitrogens with zero attached hydrogens (tertiary/aromatic N) is 3. The highest BCUT2D eigenvalue weighted by atomic mass is 19.1. The molecule has 2 aliphatic rings. The zero-order valence-electron chi connectivity index (χ0n) is 18.0. The van der Waals surface area contributed by atoms with Crippen molar-refractivity contribution in [2.75, 3.05) is 20.3 Å². The maximum absolute atomic E-state index is 14.9. The Kier molecular flexibility index (Phi) is 6.68. The molecule has 4 rings (SSSR count). The van der Waals surface area contributed by atoms with Gasteiger partial charge in [0.1, 0.15) is 17.6 Å². The molecule has 0 aromatic carbocycles. The minimum atomic E-state index is -0.368. The summed E-state index contributed by atoms with van der Waals surface area (Å²) < 4.78 is 27.8. The molecule has 0 N–H and O–H groups in total. The van der Waals surface area contributed by atoms with Crippen molar-refractivity contribution < 1.29 is 18.7 Å². The van der Waals surface area contributed by atoms with Gasteiger partial charge in [-0.1, -0.05) is 0 Å². The number of aromatic nitrogens is 2. The molecular weight excluding hydrogens is 385 g/mol. The second-order valence-corrected chi connectivity index (χ2v) is 8.48. The lowest BCUT2D eigenvalue weighted by Crippen LogP contribution is -2.44. The van der Waals surface area contributed by atoms with Crippen LogP contribution in [0.1, 0.15) is 63.5 Å². The van der Waals surface area contributed by atoms with Crippen molar-refractivity contribution in [2.24, 2.45) is 0 Å². The predicted molar refractivity (Wildman–Crippen MR) is 113 cm³/mol. The van der Waals surface area contributed by atoms with Crippen molar-refractivity contribution in [3.05, 3.63) is 29.8 Å². The van der Waals surface area contributed by atoms with Gasteiger partial charge in [-0.15, -0.1) is 0 Å². The van der Waals surface area contributed by atoms with Gasteiger partial charge in [-0.3, -0.25) is 4.79 Å². The van der Waals surface area contributed by atoms with Crippen LogP contribution in [-0.4, -0.2) is 52.8 Å². The van der Waals surface area contributed by atoms with E-state index in [-0.39, 0.29) is 29.9 Å². The summed E-state index contributed by atoms with van der Waals surface area (Å²) in [5.41, 5.74) is 1.48. The van der Waals surface area contributed by atoms with Crippen LogP contribution in [-0.2, 0) is 20.8 Å². The first-order valence-corrected chi connectivity index (χ1v) is 11.2. The lowest BCUT2D eigenvalue weighted by molar-refractivity contribution is -0.149. The fourth-order valence-electron chi connectivity index (χ4n) is 4.51. The second kappa shape index (κ2) is 9.43. The molecule has 0 bridgehead atoms. The molecule has 1 saturated carbocycles. The monoisotopic (exact) mass is 417 g/mol. The van der Waals surface area contributed by atoms with E-state index in [1.165, 1.54) is 12.3 Å². The normalized spacial score (nSPS) is 20.4. The molecule has 0 radical (unpaired) electrons. The Balaban J connectivity index is 1.63. The quantitative estimate of drug-likeness (QED) is 0.573. The van der Waals surface area contributed by atoms with Gasteiger partial charge in [-0.05, 0) is 57.9 Å². The van der Waals surface area contributed by atoms with Crippen molar-refractivity contribution in [1.29, 1.82) is 0 Å². The third-order valence-electron chi connectivity index (χ3n) is 6.25. The van der Waals surface area contributed by atoms with Crippen LogP contribution >= 0.6 is 0 Å². The minimum Gasteiger partial charge on any atom is -0.385 e. The van der Waals surface area contributed by atoms with Crippen LogP contribution in [0.3, 0.4) is 0 Å². The number of hydrogen-bond donors (Lipinski definition) is 0. The van der Waals surface area contributed by atoms with Gasteiger partial charge >= 0.3 is 0 Å². The van der Waals surface area contributed by atoms with E-state index < -0.39 is 0 Å². The Bertz CT molecular complexity index is 874. The molecule has 0 spiro atoms. The molecule has 1 aliphatic carbocycles. The number of methoxy groups -OCH3 is 1. The average Bonchev–Trinajstić information content (AvgIpc) is 3.52. The van der Waals surface area contributed by atoms with Gasteiger partial charge in [-0.2, -0.15) is 0 Å². The Labute approximate surface area is 177 Å². The number of rotatable bonds is 9. The molecule has 2 aromatic rings. The molecular formula is C23H32FN3O3. The van der Waals surface area contributed by atoms with Crippen LogP contribution in [0, 0.1) is 5.82 Å². The van der Waals surface area contributed by atoms with E-state index in [0.717, 1.165) is 57.1 Å². The molecule has 164 valence electrons. The first-order valence-electron chi connectivity index (χ1n) is 11.2. The highest BCUT2D eigenvalue weighted by molar-refractivity contribution is 5.85. The van der Waals surface area contributed by atoms with Crippen LogP contribution in [0.5, 0.6) is 0 Å². The standard InChI is InChI=1S/C23H32FN3O3/c1-16(27(17-8-9-17)23(28)20-7-3-5-14-30-20)18-15-26(12-4-6-13-29-2)22-21(18)19(24)10-11-25-22/h10-11,15-17,20H,3-9,12-14H2,1-2H3/t16-,20-/m1/s1. The maximum Gasteiger partial charge on any atom is 0.252 e. The number of amides is 1. The fraction of sp³-hybridized carbons (Fsp3) is 0.652. The number of fused-ring (bicyclic) bond motifs is 1. The predicted octanol–water partition coefficient (Wildman–Crippen LogP) is 4.22. The Hall–Kier alpha value is -1.99. The smallest absolute Gasteiger partial charge is 0.252 e. The number of carbonyl (C=O) groups is 1. The summed E-state index contributed by atoms with van der Waals surface area (Å²) in [6.45, 7) is 4.10. The van der Waals surface area contributed by atoms with Gasteiger partial charge in [0.2, 0.25) is 0 Å². The van der Waals surface area contributed by atoms with Gasteiger partial charge < -0.3 is 18.9 Å². The van der Waals surface area contributed by atoms with Crippen LogP contribution in [0.2, 0.25) is 0 Å². The zero-order chi connectivity index (χ0) is 21.1. The summed E-state index contributed by atoms with van der Waals surface area (Å²) >= 11 is 0. The van der Waals surface area contributed by atoms with Crippen LogP contribution in [0.4, 0.5) is 4.39 Å². The van der Waals surface area contributed by atoms with Gasteiger partial charge in [0, 0.05) is 50.9 Å². The lowest BCUT2D eigenvalue weighted by atomic mass is 10.0. The van der Waals surface area contributed by atoms with Crippen LogP contribution < -0.4 is 0 Å². The van der Waals surface area contributed by atoms with E-state index in [1.54, 1.807) is 7.11 Å². The van der Waals surface area contributed by atoms with Crippen LogP contribution in [0.25, 0.3) is 11.0 Å². The SMILES string of the molecule is COCCCCn1cc([C@@H](C)N(C(=O)[C@H]2CCCCO2)C2CC2)c2c(F)ccnc21. The van der Waals surface area contributed by atoms with Gasteiger partial charge in [-0.25, -0.2) is 9.37 Å². The first-order chi connectivity index (χ1) is 14.6. The maximum atomic E-state index is 14.9. The van der Waals surface area contributed by atoms with Crippen molar-refractivity contribution in [3.63, 3.8) is 0 Å². The van der Waals surface area contributed by atoms with Crippen molar-refractivity contribution in [3.8, 4) is 0 Å². The molecule has 1 aliphatic heterocycles. The molecule has 1 amide bonds. The van der Waals surface area contributed by atoms with E-state index in [1.807, 2.05) is 22.6 Å². The average molecular weight is 418 g/mol. The number of aryl methyl sites for hydroxylation is 1. The van der Waals surface area contributed by atoms with Gasteiger partial charge in [0.25, 0.3) is 5.91 Å². The van der Waals surface area contributed by atoms with Crippen molar-refractivity contribution >= 4 is 16.9 Å². The topological polar surface area (TPSA) is 56.6 Å².